The normalized spacial score (nSPS) is 14.9. The number of nitrogens with one attached hydrogen (secondary N) is 1. The number of fused-ring (bicyclic) bond motifs is 3. The molecule has 1 saturated carbocycles. The third-order valence-electron chi connectivity index (χ3n) is 3.53. The smallest absolute Gasteiger partial charge is 0.229 e. The largest absolute Gasteiger partial charge is 0.302 e. The fraction of sp³-hybridized carbons (Fsp3) is 0.200. The minimum absolute atomic E-state index is 0.0792. The molecule has 0 unspecified atom stereocenters. The molecule has 1 amide bonds. The van der Waals surface area contributed by atoms with Crippen LogP contribution < -0.4 is 5.32 Å². The van der Waals surface area contributed by atoms with Gasteiger partial charge in [-0.2, -0.15) is 0 Å². The lowest BCUT2D eigenvalue weighted by Gasteiger charge is -1.96. The van der Waals surface area contributed by atoms with Crippen LogP contribution in [0.2, 0.25) is 0 Å². The topological polar surface area (TPSA) is 67.2 Å². The average molecular weight is 328 g/mol. The van der Waals surface area contributed by atoms with Gasteiger partial charge >= 0.3 is 0 Å². The lowest BCUT2D eigenvalue weighted by Crippen LogP contribution is -2.12. The molecule has 5 nitrogen and oxygen atoms in total. The van der Waals surface area contributed by atoms with E-state index in [1.54, 1.807) is 17.5 Å². The van der Waals surface area contributed by atoms with Gasteiger partial charge in [0.15, 0.2) is 5.13 Å². The summed E-state index contributed by atoms with van der Waals surface area (Å²) in [6.07, 6.45) is 5.48. The van der Waals surface area contributed by atoms with E-state index in [2.05, 4.69) is 27.0 Å². The van der Waals surface area contributed by atoms with Crippen molar-refractivity contribution >= 4 is 66.9 Å². The number of benzene rings is 1. The molecule has 22 heavy (non-hydrogen) atoms. The fourth-order valence-electron chi connectivity index (χ4n) is 2.29. The molecule has 1 fully saturated rings. The van der Waals surface area contributed by atoms with Crippen LogP contribution in [0, 0.1) is 5.92 Å². The second-order valence-corrected chi connectivity index (χ2v) is 6.98. The maximum atomic E-state index is 11.9. The highest BCUT2D eigenvalue weighted by atomic mass is 32.1. The summed E-state index contributed by atoms with van der Waals surface area (Å²) in [6, 6.07) is 1.97. The van der Waals surface area contributed by atoms with Gasteiger partial charge in [0.1, 0.15) is 0 Å². The standard InChI is InChI=1S/C15H12N4OS2/c1-16-5-4-9-6-10-12(13-11(9)17-7-21-13)22-15(18-10)19-14(20)8-2-3-8/h4-8H,1-3H2,(H,18,19,20)/b5-4+. The van der Waals surface area contributed by atoms with Crippen molar-refractivity contribution < 1.29 is 4.79 Å². The quantitative estimate of drug-likeness (QED) is 0.738. The molecule has 1 aliphatic rings. The van der Waals surface area contributed by atoms with Crippen LogP contribution >= 0.6 is 22.7 Å². The Labute approximate surface area is 134 Å². The number of anilines is 1. The van der Waals surface area contributed by atoms with Crippen molar-refractivity contribution in [1.82, 2.24) is 9.97 Å². The molecule has 0 atom stereocenters. The van der Waals surface area contributed by atoms with Crippen molar-refractivity contribution in [3.63, 3.8) is 0 Å². The van der Waals surface area contributed by atoms with Gasteiger partial charge in [-0.1, -0.05) is 11.3 Å². The van der Waals surface area contributed by atoms with Gasteiger partial charge in [0, 0.05) is 17.7 Å². The Morgan fingerprint density at radius 3 is 3.09 bits per heavy atom. The van der Waals surface area contributed by atoms with Crippen molar-refractivity contribution in [3.8, 4) is 0 Å². The molecule has 0 radical (unpaired) electrons. The molecular weight excluding hydrogens is 316 g/mol. The molecule has 4 rings (SSSR count). The predicted octanol–water partition coefficient (Wildman–Crippen LogP) is 3.93. The Morgan fingerprint density at radius 2 is 2.32 bits per heavy atom. The van der Waals surface area contributed by atoms with E-state index in [0.29, 0.717) is 5.13 Å². The Morgan fingerprint density at radius 1 is 1.45 bits per heavy atom. The number of aliphatic imine (C=N–C) groups is 1. The van der Waals surface area contributed by atoms with E-state index >= 15 is 0 Å². The summed E-state index contributed by atoms with van der Waals surface area (Å²) in [4.78, 5) is 24.6. The van der Waals surface area contributed by atoms with Gasteiger partial charge in [-0.3, -0.25) is 9.79 Å². The van der Waals surface area contributed by atoms with E-state index in [9.17, 15) is 4.79 Å². The van der Waals surface area contributed by atoms with Gasteiger partial charge in [-0.25, -0.2) is 9.97 Å². The summed E-state index contributed by atoms with van der Waals surface area (Å²) < 4.78 is 2.15. The van der Waals surface area contributed by atoms with Gasteiger partial charge in [-0.15, -0.1) is 11.3 Å². The van der Waals surface area contributed by atoms with E-state index < -0.39 is 0 Å². The van der Waals surface area contributed by atoms with Crippen molar-refractivity contribution in [1.29, 1.82) is 0 Å². The highest BCUT2D eigenvalue weighted by Crippen LogP contribution is 2.38. The predicted molar refractivity (Wildman–Crippen MR) is 92.7 cm³/mol. The zero-order valence-corrected chi connectivity index (χ0v) is 13.2. The molecule has 2 aromatic heterocycles. The van der Waals surface area contributed by atoms with E-state index in [-0.39, 0.29) is 11.8 Å². The number of thiazole rings is 2. The number of nitrogens with zero attached hydrogens (tertiary/aromatic N) is 3. The van der Waals surface area contributed by atoms with E-state index in [1.807, 2.05) is 17.7 Å². The van der Waals surface area contributed by atoms with Gasteiger partial charge in [-0.05, 0) is 31.7 Å². The van der Waals surface area contributed by atoms with Crippen molar-refractivity contribution in [2.45, 2.75) is 12.8 Å². The lowest BCUT2D eigenvalue weighted by molar-refractivity contribution is -0.117. The minimum atomic E-state index is 0.0792. The van der Waals surface area contributed by atoms with Crippen LogP contribution in [0.25, 0.3) is 26.5 Å². The Kier molecular flexibility index (Phi) is 3.24. The molecule has 1 N–H and O–H groups in total. The number of amides is 1. The molecule has 3 aromatic rings. The third kappa shape index (κ3) is 2.32. The van der Waals surface area contributed by atoms with Crippen LogP contribution in [-0.4, -0.2) is 22.6 Å². The summed E-state index contributed by atoms with van der Waals surface area (Å²) in [5, 5.41) is 3.58. The van der Waals surface area contributed by atoms with Gasteiger partial charge in [0.2, 0.25) is 5.91 Å². The van der Waals surface area contributed by atoms with Gasteiger partial charge < -0.3 is 5.32 Å². The van der Waals surface area contributed by atoms with Crippen LogP contribution in [-0.2, 0) is 4.79 Å². The molecule has 0 saturated heterocycles. The molecule has 0 bridgehead atoms. The monoisotopic (exact) mass is 328 g/mol. The van der Waals surface area contributed by atoms with E-state index in [0.717, 1.165) is 38.8 Å². The molecule has 1 aromatic carbocycles. The zero-order valence-electron chi connectivity index (χ0n) is 11.6. The summed E-state index contributed by atoms with van der Waals surface area (Å²) >= 11 is 3.09. The SMILES string of the molecule is C=N/C=C/c1cc2nc(NC(=O)C3CC3)sc2c2scnc12. The second kappa shape index (κ2) is 5.26. The second-order valence-electron chi connectivity index (χ2n) is 5.12. The number of hydrogen-bond donors (Lipinski definition) is 1. The highest BCUT2D eigenvalue weighted by molar-refractivity contribution is 7.28. The first-order valence-corrected chi connectivity index (χ1v) is 8.56. The summed E-state index contributed by atoms with van der Waals surface area (Å²) in [6.45, 7) is 3.45. The molecule has 110 valence electrons. The zero-order chi connectivity index (χ0) is 15.1. The van der Waals surface area contributed by atoms with Crippen LogP contribution in [0.4, 0.5) is 5.13 Å². The lowest BCUT2D eigenvalue weighted by atomic mass is 10.2. The van der Waals surface area contributed by atoms with Crippen LogP contribution in [0.1, 0.15) is 18.4 Å². The molecule has 2 heterocycles. The number of carbonyl (C=O) groups excluding carboxylic acids is 1. The number of hydrogen-bond acceptors (Lipinski definition) is 6. The van der Waals surface area contributed by atoms with Crippen LogP contribution in [0.3, 0.4) is 0 Å². The number of rotatable bonds is 4. The van der Waals surface area contributed by atoms with Gasteiger partial charge in [0.05, 0.1) is 25.9 Å². The van der Waals surface area contributed by atoms with Crippen molar-refractivity contribution in [3.05, 3.63) is 23.3 Å². The molecule has 7 heteroatoms. The van der Waals surface area contributed by atoms with Crippen molar-refractivity contribution in [2.75, 3.05) is 5.32 Å². The summed E-state index contributed by atoms with van der Waals surface area (Å²) in [5.41, 5.74) is 4.59. The summed E-state index contributed by atoms with van der Waals surface area (Å²) in [5.74, 6) is 0.253. The van der Waals surface area contributed by atoms with Crippen LogP contribution in [0.5, 0.6) is 0 Å². The van der Waals surface area contributed by atoms with Crippen molar-refractivity contribution in [2.24, 2.45) is 10.9 Å². The summed E-state index contributed by atoms with van der Waals surface area (Å²) in [7, 11) is 0. The van der Waals surface area contributed by atoms with Gasteiger partial charge in [0.25, 0.3) is 0 Å². The first-order valence-electron chi connectivity index (χ1n) is 6.86. The van der Waals surface area contributed by atoms with E-state index in [1.165, 1.54) is 11.3 Å². The van der Waals surface area contributed by atoms with E-state index in [4.69, 9.17) is 0 Å². The van der Waals surface area contributed by atoms with Crippen LogP contribution in [0.15, 0.2) is 22.8 Å². The molecule has 0 spiro atoms. The highest BCUT2D eigenvalue weighted by Gasteiger charge is 2.30. The Hall–Kier alpha value is -2.12. The molecule has 1 aliphatic carbocycles. The maximum Gasteiger partial charge on any atom is 0.229 e. The molecular formula is C15H12N4OS2. The number of aromatic nitrogens is 2. The minimum Gasteiger partial charge on any atom is -0.302 e. The first-order chi connectivity index (χ1) is 10.8. The number of carbonyl (C=O) groups is 1. The Bertz CT molecular complexity index is 920. The Balaban J connectivity index is 1.82. The fourth-order valence-corrected chi connectivity index (χ4v) is 4.20. The molecule has 0 aliphatic heterocycles. The maximum absolute atomic E-state index is 11.9. The average Bonchev–Trinajstić information content (AvgIpc) is 3.11. The third-order valence-corrected chi connectivity index (χ3v) is 5.51. The first kappa shape index (κ1) is 13.5.